The van der Waals surface area contributed by atoms with Crippen molar-refractivity contribution in [3.63, 3.8) is 0 Å². The second-order valence-corrected chi connectivity index (χ2v) is 1.22. The normalized spacial score (nSPS) is 8.40. The van der Waals surface area contributed by atoms with Crippen molar-refractivity contribution in [2.75, 3.05) is 12.4 Å². The molecule has 0 unspecified atom stereocenters. The average Bonchev–Trinajstić information content (AvgIpc) is 1.41. The first-order valence-corrected chi connectivity index (χ1v) is 2.23. The van der Waals surface area contributed by atoms with E-state index in [-0.39, 0.29) is 6.61 Å². The Kier molecular flexibility index (Phi) is 4.50. The molecule has 0 aliphatic heterocycles. The van der Waals surface area contributed by atoms with Gasteiger partial charge in [0.2, 0.25) is 0 Å². The second-order valence-electron chi connectivity index (χ2n) is 0.557. The topological polar surface area (TPSA) is 40.5 Å². The largest absolute Gasteiger partial charge is 0.395 e. The highest BCUT2D eigenvalue weighted by molar-refractivity contribution is 7.93. The Labute approximate surface area is 35.0 Å². The summed E-state index contributed by atoms with van der Waals surface area (Å²) in [5, 5.41) is 7.89. The zero-order chi connectivity index (χ0) is 4.12. The smallest absolute Gasteiger partial charge is 0.0544 e. The van der Waals surface area contributed by atoms with Gasteiger partial charge in [-0.2, -0.15) is 0 Å². The van der Waals surface area contributed by atoms with Crippen LogP contribution in [0.15, 0.2) is 0 Å². The minimum atomic E-state index is 0.0567. The quantitative estimate of drug-likeness (QED) is 0.480. The highest BCUT2D eigenvalue weighted by atomic mass is 32.2. The van der Waals surface area contributed by atoms with Crippen molar-refractivity contribution in [1.29, 1.82) is 0 Å². The van der Waals surface area contributed by atoms with E-state index in [0.717, 1.165) is 0 Å². The SMILES string of the molecule is OCCSO. The molecule has 0 fully saturated rings. The number of hydrogen-bond donors (Lipinski definition) is 2. The van der Waals surface area contributed by atoms with Crippen molar-refractivity contribution in [2.45, 2.75) is 0 Å². The average molecular weight is 94.1 g/mol. The fourth-order valence-corrected chi connectivity index (χ4v) is 0.122. The number of hydrogen-bond acceptors (Lipinski definition) is 3. The van der Waals surface area contributed by atoms with E-state index in [4.69, 9.17) is 9.66 Å². The fourth-order valence-electron chi connectivity index (χ4n) is 0.0408. The van der Waals surface area contributed by atoms with E-state index < -0.39 is 0 Å². The van der Waals surface area contributed by atoms with Gasteiger partial charge in [0.1, 0.15) is 0 Å². The molecular formula is C2H6O2S. The lowest BCUT2D eigenvalue weighted by molar-refractivity contribution is 0.321. The van der Waals surface area contributed by atoms with Crippen molar-refractivity contribution in [3.8, 4) is 0 Å². The van der Waals surface area contributed by atoms with Crippen molar-refractivity contribution < 1.29 is 9.66 Å². The lowest BCUT2D eigenvalue weighted by Gasteiger charge is -1.78. The molecule has 0 heterocycles. The molecule has 2 N–H and O–H groups in total. The molecule has 0 aromatic heterocycles. The second kappa shape index (κ2) is 4.27. The van der Waals surface area contributed by atoms with Gasteiger partial charge in [-0.3, -0.25) is 0 Å². The molecule has 0 aromatic rings. The maximum absolute atomic E-state index is 7.89. The molecule has 0 spiro atoms. The molecular weight excluding hydrogens is 88.1 g/mol. The lowest BCUT2D eigenvalue weighted by atomic mass is 10.9. The van der Waals surface area contributed by atoms with E-state index in [2.05, 4.69) is 0 Å². The standard InChI is InChI=1S/C2H6O2S/c3-1-2-5-4/h3-4H,1-2H2. The third-order valence-corrected chi connectivity index (χ3v) is 0.548. The van der Waals surface area contributed by atoms with Gasteiger partial charge < -0.3 is 9.66 Å². The van der Waals surface area contributed by atoms with Gasteiger partial charge in [0, 0.05) is 5.75 Å². The van der Waals surface area contributed by atoms with Crippen LogP contribution in [0.4, 0.5) is 0 Å². The van der Waals surface area contributed by atoms with E-state index in [1.165, 1.54) is 0 Å². The minimum absolute atomic E-state index is 0.0567. The third kappa shape index (κ3) is 4.27. The van der Waals surface area contributed by atoms with Crippen LogP contribution in [-0.2, 0) is 0 Å². The minimum Gasteiger partial charge on any atom is -0.395 e. The molecule has 0 aromatic carbocycles. The van der Waals surface area contributed by atoms with Crippen LogP contribution in [-0.4, -0.2) is 22.0 Å². The highest BCUT2D eigenvalue weighted by Crippen LogP contribution is 1.84. The van der Waals surface area contributed by atoms with Gasteiger partial charge in [-0.1, -0.05) is 0 Å². The lowest BCUT2D eigenvalue weighted by Crippen LogP contribution is -1.81. The summed E-state index contributed by atoms with van der Waals surface area (Å²) in [7, 11) is 0. The maximum atomic E-state index is 7.89. The molecule has 0 aliphatic rings. The Balaban J connectivity index is 2.19. The van der Waals surface area contributed by atoms with Crippen LogP contribution >= 0.6 is 12.0 Å². The first-order valence-electron chi connectivity index (χ1n) is 1.29. The van der Waals surface area contributed by atoms with Crippen LogP contribution < -0.4 is 0 Å². The zero-order valence-corrected chi connectivity index (χ0v) is 3.53. The van der Waals surface area contributed by atoms with Crippen molar-refractivity contribution in [2.24, 2.45) is 0 Å². The van der Waals surface area contributed by atoms with Crippen molar-refractivity contribution >= 4 is 12.0 Å². The molecule has 0 aliphatic carbocycles. The third-order valence-electron chi connectivity index (χ3n) is 0.183. The van der Waals surface area contributed by atoms with Crippen molar-refractivity contribution in [3.05, 3.63) is 0 Å². The molecule has 32 valence electrons. The summed E-state index contributed by atoms with van der Waals surface area (Å²) in [6, 6.07) is 0. The number of aliphatic hydroxyl groups is 1. The van der Waals surface area contributed by atoms with Gasteiger partial charge in [-0.15, -0.1) is 0 Å². The first kappa shape index (κ1) is 5.27. The summed E-state index contributed by atoms with van der Waals surface area (Å²) in [4.78, 5) is 0. The summed E-state index contributed by atoms with van der Waals surface area (Å²) in [5.41, 5.74) is 0. The Morgan fingerprint density at radius 2 is 2.20 bits per heavy atom. The van der Waals surface area contributed by atoms with Crippen LogP contribution in [0.1, 0.15) is 0 Å². The van der Waals surface area contributed by atoms with Crippen LogP contribution in [0.25, 0.3) is 0 Å². The maximum Gasteiger partial charge on any atom is 0.0544 e. The molecule has 3 heteroatoms. The van der Waals surface area contributed by atoms with Gasteiger partial charge in [-0.25, -0.2) is 0 Å². The predicted molar refractivity (Wildman–Crippen MR) is 22.2 cm³/mol. The molecule has 0 rings (SSSR count). The monoisotopic (exact) mass is 94.0 g/mol. The molecule has 2 nitrogen and oxygen atoms in total. The van der Waals surface area contributed by atoms with Gasteiger partial charge in [0.05, 0.1) is 6.61 Å². The number of aliphatic hydroxyl groups excluding tert-OH is 1. The number of rotatable bonds is 2. The fraction of sp³-hybridized carbons (Fsp3) is 1.00. The summed E-state index contributed by atoms with van der Waals surface area (Å²) >= 11 is 0.652. The van der Waals surface area contributed by atoms with E-state index >= 15 is 0 Å². The molecule has 0 saturated carbocycles. The molecule has 0 bridgehead atoms. The molecule has 0 amide bonds. The van der Waals surface area contributed by atoms with E-state index in [9.17, 15) is 0 Å². The Bertz CT molecular complexity index is 15.1. The Morgan fingerprint density at radius 3 is 2.20 bits per heavy atom. The van der Waals surface area contributed by atoms with Crippen LogP contribution in [0.5, 0.6) is 0 Å². The van der Waals surface area contributed by atoms with Crippen LogP contribution in [0.2, 0.25) is 0 Å². The molecule has 0 saturated heterocycles. The van der Waals surface area contributed by atoms with E-state index in [1.807, 2.05) is 0 Å². The van der Waals surface area contributed by atoms with E-state index in [0.29, 0.717) is 17.8 Å². The first-order chi connectivity index (χ1) is 2.41. The summed E-state index contributed by atoms with van der Waals surface area (Å²) < 4.78 is 7.82. The molecule has 5 heavy (non-hydrogen) atoms. The Hall–Kier alpha value is 0.270. The van der Waals surface area contributed by atoms with Gasteiger partial charge in [0.25, 0.3) is 0 Å². The summed E-state index contributed by atoms with van der Waals surface area (Å²) in [6.45, 7) is 0.0567. The summed E-state index contributed by atoms with van der Waals surface area (Å²) in [6.07, 6.45) is 0. The van der Waals surface area contributed by atoms with Gasteiger partial charge in [-0.05, 0) is 12.0 Å². The van der Waals surface area contributed by atoms with Crippen LogP contribution in [0.3, 0.4) is 0 Å². The molecule has 0 atom stereocenters. The molecule has 0 radical (unpaired) electrons. The van der Waals surface area contributed by atoms with Gasteiger partial charge in [0.15, 0.2) is 0 Å². The van der Waals surface area contributed by atoms with Crippen molar-refractivity contribution in [1.82, 2.24) is 0 Å². The highest BCUT2D eigenvalue weighted by Gasteiger charge is 1.71. The summed E-state index contributed by atoms with van der Waals surface area (Å²) in [5.74, 6) is 0.417. The van der Waals surface area contributed by atoms with Crippen LogP contribution in [0, 0.1) is 0 Å². The zero-order valence-electron chi connectivity index (χ0n) is 2.72. The predicted octanol–water partition coefficient (Wildman–Crippen LogP) is 0.185. The van der Waals surface area contributed by atoms with Gasteiger partial charge >= 0.3 is 0 Å². The Morgan fingerprint density at radius 1 is 1.60 bits per heavy atom. The van der Waals surface area contributed by atoms with E-state index in [1.54, 1.807) is 0 Å².